The first-order valence-electron chi connectivity index (χ1n) is 5.87. The van der Waals surface area contributed by atoms with Crippen molar-refractivity contribution >= 4 is 0 Å². The van der Waals surface area contributed by atoms with Gasteiger partial charge >= 0.3 is 0 Å². The first-order chi connectivity index (χ1) is 8.88. The molecule has 1 atom stereocenters. The van der Waals surface area contributed by atoms with Crippen LogP contribution in [0.1, 0.15) is 18.1 Å². The lowest BCUT2D eigenvalue weighted by Crippen LogP contribution is -2.36. The summed E-state index contributed by atoms with van der Waals surface area (Å²) in [6.07, 6.45) is 0.213. The summed E-state index contributed by atoms with van der Waals surface area (Å²) in [5.41, 5.74) is 5.66. The van der Waals surface area contributed by atoms with Crippen LogP contribution in [0.4, 0.5) is 13.2 Å². The average molecular weight is 265 g/mol. The molecular weight excluding hydrogens is 251 g/mol. The molecule has 0 bridgehead atoms. The Morgan fingerprint density at radius 3 is 2.37 bits per heavy atom. The van der Waals surface area contributed by atoms with E-state index in [1.807, 2.05) is 0 Å². The maximum atomic E-state index is 13.7. The summed E-state index contributed by atoms with van der Waals surface area (Å²) in [6.45, 7) is 1.59. The molecule has 1 unspecified atom stereocenters. The van der Waals surface area contributed by atoms with Gasteiger partial charge in [0.1, 0.15) is 17.5 Å². The quantitative estimate of drug-likeness (QED) is 0.902. The smallest absolute Gasteiger partial charge is 0.128 e. The summed E-state index contributed by atoms with van der Waals surface area (Å²) >= 11 is 0. The first-order valence-corrected chi connectivity index (χ1v) is 5.87. The van der Waals surface area contributed by atoms with E-state index in [0.717, 1.165) is 18.2 Å². The maximum absolute atomic E-state index is 13.7. The van der Waals surface area contributed by atoms with Crippen LogP contribution in [0, 0.1) is 17.5 Å². The molecule has 0 aromatic heterocycles. The second-order valence-corrected chi connectivity index (χ2v) is 4.85. The summed E-state index contributed by atoms with van der Waals surface area (Å²) in [7, 11) is 0. The van der Waals surface area contributed by atoms with Crippen molar-refractivity contribution in [2.24, 2.45) is 5.73 Å². The highest BCUT2D eigenvalue weighted by Gasteiger charge is 2.25. The number of halogens is 3. The van der Waals surface area contributed by atoms with Crippen LogP contribution in [0.3, 0.4) is 0 Å². The van der Waals surface area contributed by atoms with Gasteiger partial charge in [-0.2, -0.15) is 0 Å². The third kappa shape index (κ3) is 3.15. The second kappa shape index (κ2) is 5.05. The number of hydrogen-bond acceptors (Lipinski definition) is 1. The van der Waals surface area contributed by atoms with Gasteiger partial charge in [0.25, 0.3) is 0 Å². The van der Waals surface area contributed by atoms with Crippen LogP contribution in [0.5, 0.6) is 0 Å². The molecular formula is C15H14F3N. The molecule has 4 heteroatoms. The number of rotatable bonds is 3. The zero-order valence-corrected chi connectivity index (χ0v) is 10.5. The highest BCUT2D eigenvalue weighted by molar-refractivity contribution is 5.29. The number of hydrogen-bond donors (Lipinski definition) is 1. The Hall–Kier alpha value is -1.81. The van der Waals surface area contributed by atoms with Crippen LogP contribution in [0.2, 0.25) is 0 Å². The van der Waals surface area contributed by atoms with Gasteiger partial charge in [-0.15, -0.1) is 0 Å². The van der Waals surface area contributed by atoms with Crippen LogP contribution in [-0.4, -0.2) is 0 Å². The molecule has 0 saturated heterocycles. The summed E-state index contributed by atoms with van der Waals surface area (Å²) in [5, 5.41) is 0. The van der Waals surface area contributed by atoms with Gasteiger partial charge in [-0.25, -0.2) is 13.2 Å². The Morgan fingerprint density at radius 1 is 1.00 bits per heavy atom. The van der Waals surface area contributed by atoms with Gasteiger partial charge in [0.15, 0.2) is 0 Å². The number of nitrogens with two attached hydrogens (primary N) is 1. The largest absolute Gasteiger partial charge is 0.321 e. The molecule has 0 amide bonds. The molecule has 0 aliphatic rings. The van der Waals surface area contributed by atoms with E-state index in [-0.39, 0.29) is 17.8 Å². The van der Waals surface area contributed by atoms with Crippen molar-refractivity contribution in [2.45, 2.75) is 18.9 Å². The molecule has 2 aromatic rings. The van der Waals surface area contributed by atoms with Crippen molar-refractivity contribution < 1.29 is 13.2 Å². The van der Waals surface area contributed by atoms with Gasteiger partial charge in [-0.3, -0.25) is 0 Å². The van der Waals surface area contributed by atoms with Gasteiger partial charge in [0.05, 0.1) is 0 Å². The fourth-order valence-corrected chi connectivity index (χ4v) is 2.10. The van der Waals surface area contributed by atoms with Gasteiger partial charge in [0, 0.05) is 11.1 Å². The van der Waals surface area contributed by atoms with E-state index in [2.05, 4.69) is 0 Å². The summed E-state index contributed by atoms with van der Waals surface area (Å²) in [6, 6.07) is 9.07. The third-order valence-corrected chi connectivity index (χ3v) is 3.00. The molecule has 0 saturated carbocycles. The molecule has 0 radical (unpaired) electrons. The van der Waals surface area contributed by atoms with Crippen LogP contribution < -0.4 is 5.73 Å². The lowest BCUT2D eigenvalue weighted by Gasteiger charge is -2.26. The van der Waals surface area contributed by atoms with E-state index in [9.17, 15) is 13.2 Å². The van der Waals surface area contributed by atoms with Crippen LogP contribution in [0.15, 0.2) is 42.5 Å². The van der Waals surface area contributed by atoms with Gasteiger partial charge < -0.3 is 5.73 Å². The van der Waals surface area contributed by atoms with E-state index in [1.54, 1.807) is 19.1 Å². The van der Waals surface area contributed by atoms with Crippen molar-refractivity contribution in [3.63, 3.8) is 0 Å². The van der Waals surface area contributed by atoms with Gasteiger partial charge in [0.2, 0.25) is 0 Å². The van der Waals surface area contributed by atoms with E-state index >= 15 is 0 Å². The predicted molar refractivity (Wildman–Crippen MR) is 68.0 cm³/mol. The molecule has 2 N–H and O–H groups in total. The topological polar surface area (TPSA) is 26.0 Å². The molecule has 0 spiro atoms. The third-order valence-electron chi connectivity index (χ3n) is 3.00. The van der Waals surface area contributed by atoms with Crippen LogP contribution in [0.25, 0.3) is 0 Å². The molecule has 1 nitrogen and oxygen atoms in total. The van der Waals surface area contributed by atoms with Crippen molar-refractivity contribution in [1.82, 2.24) is 0 Å². The zero-order chi connectivity index (χ0) is 14.0. The Balaban J connectivity index is 2.34. The van der Waals surface area contributed by atoms with Crippen molar-refractivity contribution in [3.05, 3.63) is 71.0 Å². The minimum Gasteiger partial charge on any atom is -0.321 e. The fraction of sp³-hybridized carbons (Fsp3) is 0.200. The summed E-state index contributed by atoms with van der Waals surface area (Å²) in [5.74, 6) is -1.50. The summed E-state index contributed by atoms with van der Waals surface area (Å²) < 4.78 is 40.0. The first kappa shape index (κ1) is 13.6. The average Bonchev–Trinajstić information content (AvgIpc) is 2.31. The highest BCUT2D eigenvalue weighted by Crippen LogP contribution is 2.26. The predicted octanol–water partition coefficient (Wildman–Crippen LogP) is 3.52. The lowest BCUT2D eigenvalue weighted by atomic mass is 9.86. The van der Waals surface area contributed by atoms with Crippen LogP contribution in [-0.2, 0) is 12.0 Å². The minimum atomic E-state index is -1.11. The standard InChI is InChI=1S/C15H14F3N/c1-15(19,9-10-3-2-4-11(16)7-10)13-8-12(17)5-6-14(13)18/h2-8H,9,19H2,1H3. The normalized spacial score (nSPS) is 14.2. The second-order valence-electron chi connectivity index (χ2n) is 4.85. The van der Waals surface area contributed by atoms with Crippen LogP contribution >= 0.6 is 0 Å². The highest BCUT2D eigenvalue weighted by atomic mass is 19.1. The Kier molecular flexibility index (Phi) is 3.62. The van der Waals surface area contributed by atoms with E-state index in [0.29, 0.717) is 5.56 Å². The molecule has 100 valence electrons. The molecule has 0 aliphatic heterocycles. The Morgan fingerprint density at radius 2 is 1.68 bits per heavy atom. The summed E-state index contributed by atoms with van der Waals surface area (Å²) in [4.78, 5) is 0. The zero-order valence-electron chi connectivity index (χ0n) is 10.5. The Labute approximate surface area is 109 Å². The molecule has 19 heavy (non-hydrogen) atoms. The molecule has 0 heterocycles. The fourth-order valence-electron chi connectivity index (χ4n) is 2.10. The van der Waals surface area contributed by atoms with E-state index in [4.69, 9.17) is 5.73 Å². The van der Waals surface area contributed by atoms with E-state index in [1.165, 1.54) is 12.1 Å². The van der Waals surface area contributed by atoms with Gasteiger partial charge in [-0.1, -0.05) is 12.1 Å². The van der Waals surface area contributed by atoms with Crippen molar-refractivity contribution in [3.8, 4) is 0 Å². The minimum absolute atomic E-state index is 0.0803. The van der Waals surface area contributed by atoms with Crippen molar-refractivity contribution in [2.75, 3.05) is 0 Å². The molecule has 0 aliphatic carbocycles. The van der Waals surface area contributed by atoms with Gasteiger partial charge in [-0.05, 0) is 49.2 Å². The monoisotopic (exact) mass is 265 g/mol. The molecule has 2 rings (SSSR count). The SMILES string of the molecule is CC(N)(Cc1cccc(F)c1)c1cc(F)ccc1F. The molecule has 0 fully saturated rings. The maximum Gasteiger partial charge on any atom is 0.128 e. The molecule has 2 aromatic carbocycles. The Bertz CT molecular complexity index is 594. The lowest BCUT2D eigenvalue weighted by molar-refractivity contribution is 0.450. The number of benzene rings is 2. The van der Waals surface area contributed by atoms with Crippen molar-refractivity contribution in [1.29, 1.82) is 0 Å². The van der Waals surface area contributed by atoms with E-state index < -0.39 is 17.2 Å².